The smallest absolute Gasteiger partial charge is 0.0489 e. The average molecular weight is 218 g/mol. The standard InChI is InChI=1S/C12H24ClN/c1-4-11(5-2)8-14-7-6-10(3)12(13)9-14/h10-12H,4-9H2,1-3H3. The Kier molecular flexibility index (Phi) is 5.25. The third kappa shape index (κ3) is 3.43. The number of halogens is 1. The van der Waals surface area contributed by atoms with Crippen molar-refractivity contribution in [3.8, 4) is 0 Å². The molecule has 2 heteroatoms. The fourth-order valence-corrected chi connectivity index (χ4v) is 2.48. The monoisotopic (exact) mass is 217 g/mol. The van der Waals surface area contributed by atoms with Gasteiger partial charge in [-0.1, -0.05) is 33.6 Å². The second kappa shape index (κ2) is 5.97. The molecule has 2 atom stereocenters. The number of hydrogen-bond acceptors (Lipinski definition) is 1. The van der Waals surface area contributed by atoms with E-state index in [-0.39, 0.29) is 0 Å². The molecule has 0 spiro atoms. The summed E-state index contributed by atoms with van der Waals surface area (Å²) in [6.07, 6.45) is 3.87. The third-order valence-electron chi connectivity index (χ3n) is 3.62. The molecule has 2 unspecified atom stereocenters. The van der Waals surface area contributed by atoms with Crippen LogP contribution in [0.15, 0.2) is 0 Å². The van der Waals surface area contributed by atoms with Gasteiger partial charge in [0.25, 0.3) is 0 Å². The molecule has 1 heterocycles. The molecule has 0 aromatic rings. The fraction of sp³-hybridized carbons (Fsp3) is 1.00. The van der Waals surface area contributed by atoms with Gasteiger partial charge in [-0.15, -0.1) is 11.6 Å². The second-order valence-corrected chi connectivity index (χ2v) is 5.28. The third-order valence-corrected chi connectivity index (χ3v) is 4.19. The number of alkyl halides is 1. The Morgan fingerprint density at radius 2 is 2.00 bits per heavy atom. The van der Waals surface area contributed by atoms with Crippen molar-refractivity contribution in [3.63, 3.8) is 0 Å². The summed E-state index contributed by atoms with van der Waals surface area (Å²) >= 11 is 6.29. The van der Waals surface area contributed by atoms with E-state index in [2.05, 4.69) is 25.7 Å². The summed E-state index contributed by atoms with van der Waals surface area (Å²) in [4.78, 5) is 2.55. The summed E-state index contributed by atoms with van der Waals surface area (Å²) < 4.78 is 0. The lowest BCUT2D eigenvalue weighted by Gasteiger charge is -2.35. The highest BCUT2D eigenvalue weighted by atomic mass is 35.5. The fourth-order valence-electron chi connectivity index (χ4n) is 2.16. The molecule has 14 heavy (non-hydrogen) atoms. The normalized spacial score (nSPS) is 29.8. The lowest BCUT2D eigenvalue weighted by Crippen LogP contribution is -2.42. The highest BCUT2D eigenvalue weighted by Crippen LogP contribution is 2.23. The van der Waals surface area contributed by atoms with Crippen molar-refractivity contribution >= 4 is 11.6 Å². The Bertz CT molecular complexity index is 156. The molecule has 0 radical (unpaired) electrons. The van der Waals surface area contributed by atoms with Gasteiger partial charge in [0.15, 0.2) is 0 Å². The van der Waals surface area contributed by atoms with Crippen LogP contribution < -0.4 is 0 Å². The lowest BCUT2D eigenvalue weighted by atomic mass is 9.96. The molecule has 1 fully saturated rings. The zero-order valence-electron chi connectivity index (χ0n) is 9.80. The Balaban J connectivity index is 2.32. The Morgan fingerprint density at radius 3 is 2.50 bits per heavy atom. The molecule has 0 aromatic heterocycles. The molecule has 1 rings (SSSR count). The molecule has 0 saturated carbocycles. The Hall–Kier alpha value is 0.250. The largest absolute Gasteiger partial charge is 0.302 e. The molecule has 0 N–H and O–H groups in total. The molecule has 84 valence electrons. The molecule has 0 amide bonds. The minimum absolute atomic E-state index is 0.373. The number of rotatable bonds is 4. The van der Waals surface area contributed by atoms with E-state index in [4.69, 9.17) is 11.6 Å². The van der Waals surface area contributed by atoms with Gasteiger partial charge in [0.05, 0.1) is 0 Å². The molecular formula is C12H24ClN. The molecule has 0 aliphatic carbocycles. The number of nitrogens with zero attached hydrogens (tertiary/aromatic N) is 1. The summed E-state index contributed by atoms with van der Waals surface area (Å²) in [7, 11) is 0. The van der Waals surface area contributed by atoms with Gasteiger partial charge in [0, 0.05) is 18.5 Å². The van der Waals surface area contributed by atoms with E-state index in [1.807, 2.05) is 0 Å². The summed E-state index contributed by atoms with van der Waals surface area (Å²) in [5.74, 6) is 1.57. The Labute approximate surface area is 93.8 Å². The van der Waals surface area contributed by atoms with E-state index in [0.29, 0.717) is 11.3 Å². The van der Waals surface area contributed by atoms with Crippen molar-refractivity contribution in [2.45, 2.75) is 45.4 Å². The predicted octanol–water partition coefficient (Wildman–Crippen LogP) is 3.37. The maximum atomic E-state index is 6.29. The van der Waals surface area contributed by atoms with Crippen molar-refractivity contribution in [2.24, 2.45) is 11.8 Å². The van der Waals surface area contributed by atoms with Crippen LogP contribution in [0.3, 0.4) is 0 Å². The van der Waals surface area contributed by atoms with Crippen molar-refractivity contribution in [1.82, 2.24) is 4.90 Å². The Morgan fingerprint density at radius 1 is 1.36 bits per heavy atom. The first kappa shape index (κ1) is 12.3. The second-order valence-electron chi connectivity index (χ2n) is 4.72. The van der Waals surface area contributed by atoms with Crippen LogP contribution in [0.5, 0.6) is 0 Å². The van der Waals surface area contributed by atoms with Gasteiger partial charge >= 0.3 is 0 Å². The van der Waals surface area contributed by atoms with Crippen LogP contribution in [0, 0.1) is 11.8 Å². The van der Waals surface area contributed by atoms with Gasteiger partial charge in [0.1, 0.15) is 0 Å². The molecule has 1 aliphatic heterocycles. The molecule has 1 nitrogen and oxygen atoms in total. The first-order valence-electron chi connectivity index (χ1n) is 6.03. The van der Waals surface area contributed by atoms with Crippen LogP contribution in [-0.4, -0.2) is 29.9 Å². The predicted molar refractivity (Wildman–Crippen MR) is 63.9 cm³/mol. The minimum Gasteiger partial charge on any atom is -0.302 e. The number of likely N-dealkylation sites (tertiary alicyclic amines) is 1. The van der Waals surface area contributed by atoms with Crippen molar-refractivity contribution in [2.75, 3.05) is 19.6 Å². The molecule has 0 bridgehead atoms. The van der Waals surface area contributed by atoms with Crippen LogP contribution in [0.1, 0.15) is 40.0 Å². The first-order valence-corrected chi connectivity index (χ1v) is 6.47. The van der Waals surface area contributed by atoms with E-state index in [0.717, 1.165) is 12.5 Å². The van der Waals surface area contributed by atoms with E-state index < -0.39 is 0 Å². The van der Waals surface area contributed by atoms with Crippen LogP contribution in [0.25, 0.3) is 0 Å². The minimum atomic E-state index is 0.373. The summed E-state index contributed by atoms with van der Waals surface area (Å²) in [6, 6.07) is 0. The maximum Gasteiger partial charge on any atom is 0.0489 e. The van der Waals surface area contributed by atoms with E-state index in [1.165, 1.54) is 32.4 Å². The van der Waals surface area contributed by atoms with Crippen LogP contribution in [-0.2, 0) is 0 Å². The molecule has 0 aromatic carbocycles. The van der Waals surface area contributed by atoms with Gasteiger partial charge in [-0.05, 0) is 24.8 Å². The summed E-state index contributed by atoms with van der Waals surface area (Å²) in [5, 5.41) is 0.373. The highest BCUT2D eigenvalue weighted by molar-refractivity contribution is 6.21. The van der Waals surface area contributed by atoms with Crippen molar-refractivity contribution in [3.05, 3.63) is 0 Å². The van der Waals surface area contributed by atoms with E-state index in [1.54, 1.807) is 0 Å². The zero-order valence-corrected chi connectivity index (χ0v) is 10.6. The SMILES string of the molecule is CCC(CC)CN1CCC(C)C(Cl)C1. The average Bonchev–Trinajstić information content (AvgIpc) is 2.19. The zero-order chi connectivity index (χ0) is 10.6. The summed E-state index contributed by atoms with van der Waals surface area (Å²) in [6.45, 7) is 10.5. The van der Waals surface area contributed by atoms with Gasteiger partial charge in [0.2, 0.25) is 0 Å². The van der Waals surface area contributed by atoms with E-state index >= 15 is 0 Å². The van der Waals surface area contributed by atoms with Crippen LogP contribution in [0.4, 0.5) is 0 Å². The molecular weight excluding hydrogens is 194 g/mol. The van der Waals surface area contributed by atoms with E-state index in [9.17, 15) is 0 Å². The number of hydrogen-bond donors (Lipinski definition) is 0. The first-order chi connectivity index (χ1) is 6.67. The maximum absolute atomic E-state index is 6.29. The quantitative estimate of drug-likeness (QED) is 0.653. The van der Waals surface area contributed by atoms with Gasteiger partial charge < -0.3 is 4.90 Å². The van der Waals surface area contributed by atoms with Crippen LogP contribution in [0.2, 0.25) is 0 Å². The number of piperidine rings is 1. The van der Waals surface area contributed by atoms with Gasteiger partial charge in [-0.25, -0.2) is 0 Å². The van der Waals surface area contributed by atoms with Crippen LogP contribution >= 0.6 is 11.6 Å². The molecule has 1 saturated heterocycles. The van der Waals surface area contributed by atoms with Gasteiger partial charge in [-0.2, -0.15) is 0 Å². The van der Waals surface area contributed by atoms with Crippen molar-refractivity contribution in [1.29, 1.82) is 0 Å². The van der Waals surface area contributed by atoms with Crippen molar-refractivity contribution < 1.29 is 0 Å². The van der Waals surface area contributed by atoms with Gasteiger partial charge in [-0.3, -0.25) is 0 Å². The molecule has 1 aliphatic rings. The lowest BCUT2D eigenvalue weighted by molar-refractivity contribution is 0.166. The topological polar surface area (TPSA) is 3.24 Å². The summed E-state index contributed by atoms with van der Waals surface area (Å²) in [5.41, 5.74) is 0. The highest BCUT2D eigenvalue weighted by Gasteiger charge is 2.25.